The molecule has 2 heterocycles. The molecular weight excluding hydrogens is 326 g/mol. The van der Waals surface area contributed by atoms with Crippen molar-refractivity contribution >= 4 is 5.91 Å². The lowest BCUT2D eigenvalue weighted by molar-refractivity contribution is -0.122. The highest BCUT2D eigenvalue weighted by atomic mass is 16.2. The molecule has 1 aromatic heterocycles. The molecule has 1 saturated heterocycles. The van der Waals surface area contributed by atoms with E-state index in [1.54, 1.807) is 10.9 Å². The molecule has 26 heavy (non-hydrogen) atoms. The Hall–Kier alpha value is -2.18. The third-order valence-electron chi connectivity index (χ3n) is 5.05. The largest absolute Gasteiger partial charge is 0.350 e. The normalized spacial score (nSPS) is 15.9. The average Bonchev–Trinajstić information content (AvgIpc) is 3.06. The Morgan fingerprint density at radius 2 is 1.69 bits per heavy atom. The third kappa shape index (κ3) is 5.16. The van der Waals surface area contributed by atoms with Crippen molar-refractivity contribution in [1.82, 2.24) is 24.9 Å². The number of hydrogen-bond donors (Lipinski definition) is 1. The van der Waals surface area contributed by atoms with Gasteiger partial charge in [-0.05, 0) is 30.7 Å². The molecule has 0 unspecified atom stereocenters. The van der Waals surface area contributed by atoms with Gasteiger partial charge < -0.3 is 10.2 Å². The van der Waals surface area contributed by atoms with Crippen LogP contribution in [0.25, 0.3) is 0 Å². The number of carbonyl (C=O) groups excluding carboxylic acids is 1. The van der Waals surface area contributed by atoms with Crippen LogP contribution in [0.4, 0.5) is 0 Å². The van der Waals surface area contributed by atoms with E-state index in [2.05, 4.69) is 51.4 Å². The van der Waals surface area contributed by atoms with E-state index in [4.69, 9.17) is 0 Å². The minimum absolute atomic E-state index is 0.0188. The van der Waals surface area contributed by atoms with Crippen molar-refractivity contribution in [1.29, 1.82) is 0 Å². The highest BCUT2D eigenvalue weighted by Gasteiger charge is 2.15. The molecule has 2 aromatic rings. The van der Waals surface area contributed by atoms with Crippen molar-refractivity contribution in [2.45, 2.75) is 33.5 Å². The van der Waals surface area contributed by atoms with E-state index in [0.29, 0.717) is 6.54 Å². The lowest BCUT2D eigenvalue weighted by atomic mass is 10.1. The van der Waals surface area contributed by atoms with Gasteiger partial charge in [0.1, 0.15) is 6.54 Å². The Balaban J connectivity index is 1.43. The van der Waals surface area contributed by atoms with E-state index in [1.165, 1.54) is 5.56 Å². The number of piperazine rings is 1. The van der Waals surface area contributed by atoms with Gasteiger partial charge in [0.05, 0.1) is 0 Å². The summed E-state index contributed by atoms with van der Waals surface area (Å²) in [7, 11) is 0. The van der Waals surface area contributed by atoms with Gasteiger partial charge in [-0.25, -0.2) is 0 Å². The fraction of sp³-hybridized carbons (Fsp3) is 0.500. The van der Waals surface area contributed by atoms with Gasteiger partial charge in [0.25, 0.3) is 0 Å². The van der Waals surface area contributed by atoms with Crippen LogP contribution in [0.2, 0.25) is 0 Å². The van der Waals surface area contributed by atoms with Gasteiger partial charge >= 0.3 is 0 Å². The van der Waals surface area contributed by atoms with Crippen molar-refractivity contribution in [2.75, 3.05) is 32.7 Å². The summed E-state index contributed by atoms with van der Waals surface area (Å²) in [6, 6.07) is 10.5. The number of aromatic nitrogens is 2. The van der Waals surface area contributed by atoms with Gasteiger partial charge in [-0.1, -0.05) is 31.2 Å². The predicted octanol–water partition coefficient (Wildman–Crippen LogP) is 1.65. The number of nitrogens with zero attached hydrogens (tertiary/aromatic N) is 4. The number of amides is 1. The zero-order valence-corrected chi connectivity index (χ0v) is 15.8. The van der Waals surface area contributed by atoms with Crippen LogP contribution in [0, 0.1) is 6.92 Å². The van der Waals surface area contributed by atoms with Crippen LogP contribution in [0.3, 0.4) is 0 Å². The average molecular weight is 355 g/mol. The molecule has 1 aromatic carbocycles. The maximum atomic E-state index is 12.0. The molecule has 6 heteroatoms. The number of carbonyl (C=O) groups is 1. The monoisotopic (exact) mass is 355 g/mol. The molecule has 0 bridgehead atoms. The molecule has 1 aliphatic heterocycles. The van der Waals surface area contributed by atoms with E-state index < -0.39 is 0 Å². The highest BCUT2D eigenvalue weighted by molar-refractivity contribution is 5.75. The van der Waals surface area contributed by atoms with Crippen molar-refractivity contribution in [3.8, 4) is 0 Å². The zero-order chi connectivity index (χ0) is 18.4. The standard InChI is InChI=1S/C20H29N5O/c1-3-23-10-12-24(13-11-23)15-19-6-4-18(5-7-19)14-21-20(26)16-25-17(2)8-9-22-25/h4-9H,3,10-16H2,1-2H3,(H,21,26). The van der Waals surface area contributed by atoms with E-state index in [-0.39, 0.29) is 12.5 Å². The third-order valence-corrected chi connectivity index (χ3v) is 5.05. The second kappa shape index (κ2) is 8.96. The molecule has 140 valence electrons. The summed E-state index contributed by atoms with van der Waals surface area (Å²) in [5.74, 6) is -0.0188. The number of rotatable bonds is 7. The first-order valence-corrected chi connectivity index (χ1v) is 9.41. The first kappa shape index (κ1) is 18.6. The van der Waals surface area contributed by atoms with Crippen molar-refractivity contribution in [3.05, 3.63) is 53.3 Å². The SMILES string of the molecule is CCN1CCN(Cc2ccc(CNC(=O)Cn3nccc3C)cc2)CC1. The summed E-state index contributed by atoms with van der Waals surface area (Å²) in [6.45, 7) is 11.7. The Morgan fingerprint density at radius 3 is 2.31 bits per heavy atom. The van der Waals surface area contributed by atoms with Crippen molar-refractivity contribution < 1.29 is 4.79 Å². The van der Waals surface area contributed by atoms with Crippen LogP contribution in [-0.2, 0) is 24.4 Å². The van der Waals surface area contributed by atoms with Crippen LogP contribution in [0.15, 0.2) is 36.5 Å². The molecule has 0 radical (unpaired) electrons. The number of likely N-dealkylation sites (N-methyl/N-ethyl adjacent to an activating group) is 1. The molecular formula is C20H29N5O. The summed E-state index contributed by atoms with van der Waals surface area (Å²) in [4.78, 5) is 17.0. The van der Waals surface area contributed by atoms with E-state index >= 15 is 0 Å². The number of hydrogen-bond acceptors (Lipinski definition) is 4. The fourth-order valence-corrected chi connectivity index (χ4v) is 3.24. The van der Waals surface area contributed by atoms with Gasteiger partial charge in [0, 0.05) is 51.2 Å². The smallest absolute Gasteiger partial charge is 0.242 e. The Morgan fingerprint density at radius 1 is 1.04 bits per heavy atom. The summed E-state index contributed by atoms with van der Waals surface area (Å²) < 4.78 is 1.71. The first-order valence-electron chi connectivity index (χ1n) is 9.41. The molecule has 1 amide bonds. The molecule has 0 atom stereocenters. The summed E-state index contributed by atoms with van der Waals surface area (Å²) in [5, 5.41) is 7.10. The second-order valence-electron chi connectivity index (χ2n) is 6.93. The van der Waals surface area contributed by atoms with Crippen LogP contribution in [-0.4, -0.2) is 58.2 Å². The second-order valence-corrected chi connectivity index (χ2v) is 6.93. The summed E-state index contributed by atoms with van der Waals surface area (Å²) >= 11 is 0. The van der Waals surface area contributed by atoms with Gasteiger partial charge in [0.2, 0.25) is 5.91 Å². The molecule has 0 aliphatic carbocycles. The van der Waals surface area contributed by atoms with Crippen molar-refractivity contribution in [3.63, 3.8) is 0 Å². The van der Waals surface area contributed by atoms with Crippen LogP contribution < -0.4 is 5.32 Å². The molecule has 3 rings (SSSR count). The molecule has 1 aliphatic rings. The zero-order valence-electron chi connectivity index (χ0n) is 15.8. The summed E-state index contributed by atoms with van der Waals surface area (Å²) in [6.07, 6.45) is 1.71. The predicted molar refractivity (Wildman–Crippen MR) is 103 cm³/mol. The summed E-state index contributed by atoms with van der Waals surface area (Å²) in [5.41, 5.74) is 3.44. The maximum absolute atomic E-state index is 12.0. The number of nitrogens with one attached hydrogen (secondary N) is 1. The number of aryl methyl sites for hydroxylation is 1. The van der Waals surface area contributed by atoms with Gasteiger partial charge in [0.15, 0.2) is 0 Å². The maximum Gasteiger partial charge on any atom is 0.242 e. The van der Waals surface area contributed by atoms with Gasteiger partial charge in [-0.2, -0.15) is 5.10 Å². The fourth-order valence-electron chi connectivity index (χ4n) is 3.24. The highest BCUT2D eigenvalue weighted by Crippen LogP contribution is 2.10. The lowest BCUT2D eigenvalue weighted by Gasteiger charge is -2.34. The molecule has 1 fully saturated rings. The van der Waals surface area contributed by atoms with E-state index in [0.717, 1.165) is 50.5 Å². The van der Waals surface area contributed by atoms with Crippen LogP contribution in [0.5, 0.6) is 0 Å². The minimum Gasteiger partial charge on any atom is -0.350 e. The molecule has 0 saturated carbocycles. The van der Waals surface area contributed by atoms with E-state index in [1.807, 2.05) is 13.0 Å². The quantitative estimate of drug-likeness (QED) is 0.820. The Kier molecular flexibility index (Phi) is 6.41. The lowest BCUT2D eigenvalue weighted by Crippen LogP contribution is -2.45. The number of benzene rings is 1. The Bertz CT molecular complexity index is 701. The minimum atomic E-state index is -0.0188. The Labute approximate surface area is 155 Å². The van der Waals surface area contributed by atoms with E-state index in [9.17, 15) is 4.79 Å². The van der Waals surface area contributed by atoms with Crippen molar-refractivity contribution in [2.24, 2.45) is 0 Å². The van der Waals surface area contributed by atoms with Gasteiger partial charge in [-0.15, -0.1) is 0 Å². The van der Waals surface area contributed by atoms with Crippen LogP contribution in [0.1, 0.15) is 23.7 Å². The topological polar surface area (TPSA) is 53.4 Å². The molecule has 1 N–H and O–H groups in total. The van der Waals surface area contributed by atoms with Crippen LogP contribution >= 0.6 is 0 Å². The molecule has 0 spiro atoms. The first-order chi connectivity index (χ1) is 12.6. The molecule has 6 nitrogen and oxygen atoms in total. The van der Waals surface area contributed by atoms with Gasteiger partial charge in [-0.3, -0.25) is 14.4 Å².